The second-order valence-corrected chi connectivity index (χ2v) is 4.20. The molecule has 0 aliphatic heterocycles. The fraction of sp³-hybridized carbons (Fsp3) is 0.400. The van der Waals surface area contributed by atoms with Crippen molar-refractivity contribution in [1.82, 2.24) is 0 Å². The Labute approximate surface area is 82.5 Å². The van der Waals surface area contributed by atoms with Gasteiger partial charge in [0.25, 0.3) is 0 Å². The van der Waals surface area contributed by atoms with Crippen LogP contribution in [0.3, 0.4) is 0 Å². The number of hydrogen-bond acceptors (Lipinski definition) is 0. The fourth-order valence-electron chi connectivity index (χ4n) is 1.24. The standard InChI is InChI=1S/C10H10Cl2/c11-9-4-3-8(10(12)6-9)5-7-1-2-7/h3-7,10H,1-2H2. The van der Waals surface area contributed by atoms with E-state index in [0.29, 0.717) is 0 Å². The van der Waals surface area contributed by atoms with Gasteiger partial charge in [0.05, 0.1) is 5.38 Å². The van der Waals surface area contributed by atoms with E-state index in [0.717, 1.165) is 11.0 Å². The third-order valence-electron chi connectivity index (χ3n) is 2.11. The molecule has 0 aromatic carbocycles. The first-order chi connectivity index (χ1) is 5.75. The molecule has 0 aromatic heterocycles. The summed E-state index contributed by atoms with van der Waals surface area (Å²) in [5, 5.41) is 0.714. The Hall–Kier alpha value is -0.200. The summed E-state index contributed by atoms with van der Waals surface area (Å²) in [6.45, 7) is 0. The maximum Gasteiger partial charge on any atom is 0.0780 e. The van der Waals surface area contributed by atoms with E-state index in [1.54, 1.807) is 0 Å². The van der Waals surface area contributed by atoms with Crippen molar-refractivity contribution in [2.45, 2.75) is 18.2 Å². The molecule has 64 valence electrons. The highest BCUT2D eigenvalue weighted by Crippen LogP contribution is 2.34. The molecule has 0 nitrogen and oxygen atoms in total. The number of hydrogen-bond donors (Lipinski definition) is 0. The largest absolute Gasteiger partial charge is 0.113 e. The van der Waals surface area contributed by atoms with Gasteiger partial charge in [-0.1, -0.05) is 23.8 Å². The third kappa shape index (κ3) is 1.94. The van der Waals surface area contributed by atoms with Crippen LogP contribution in [-0.4, -0.2) is 5.38 Å². The van der Waals surface area contributed by atoms with Crippen LogP contribution in [-0.2, 0) is 0 Å². The SMILES string of the molecule is ClC1=CC(Cl)C(=CC2CC2)C=C1. The zero-order chi connectivity index (χ0) is 8.55. The van der Waals surface area contributed by atoms with Gasteiger partial charge in [-0.25, -0.2) is 0 Å². The predicted molar refractivity (Wildman–Crippen MR) is 53.5 cm³/mol. The molecule has 0 radical (unpaired) electrons. The van der Waals surface area contributed by atoms with Crippen LogP contribution in [0.4, 0.5) is 0 Å². The minimum atomic E-state index is -0.0249. The van der Waals surface area contributed by atoms with Gasteiger partial charge in [-0.2, -0.15) is 0 Å². The molecule has 2 aliphatic rings. The molecule has 0 bridgehead atoms. The van der Waals surface area contributed by atoms with Crippen molar-refractivity contribution in [3.63, 3.8) is 0 Å². The van der Waals surface area contributed by atoms with Crippen molar-refractivity contribution in [2.24, 2.45) is 5.92 Å². The van der Waals surface area contributed by atoms with E-state index in [4.69, 9.17) is 23.2 Å². The van der Waals surface area contributed by atoms with Crippen molar-refractivity contribution in [1.29, 1.82) is 0 Å². The van der Waals surface area contributed by atoms with Crippen molar-refractivity contribution < 1.29 is 0 Å². The summed E-state index contributed by atoms with van der Waals surface area (Å²) in [4.78, 5) is 0. The molecule has 2 heteroatoms. The van der Waals surface area contributed by atoms with Gasteiger partial charge in [-0.3, -0.25) is 0 Å². The Morgan fingerprint density at radius 3 is 2.67 bits per heavy atom. The predicted octanol–water partition coefficient (Wildman–Crippen LogP) is 3.62. The minimum absolute atomic E-state index is 0.0249. The second-order valence-electron chi connectivity index (χ2n) is 3.29. The maximum atomic E-state index is 6.07. The Bertz CT molecular complexity index is 270. The molecule has 0 heterocycles. The molecule has 0 saturated heterocycles. The lowest BCUT2D eigenvalue weighted by atomic mass is 10.1. The average Bonchev–Trinajstić information content (AvgIpc) is 2.79. The first-order valence-corrected chi connectivity index (χ1v) is 4.98. The first kappa shape index (κ1) is 8.40. The van der Waals surface area contributed by atoms with E-state index in [-0.39, 0.29) is 5.38 Å². The molecule has 0 amide bonds. The Morgan fingerprint density at radius 1 is 1.33 bits per heavy atom. The lowest BCUT2D eigenvalue weighted by molar-refractivity contribution is 1.08. The van der Waals surface area contributed by atoms with E-state index in [1.807, 2.05) is 18.2 Å². The molecule has 1 atom stereocenters. The van der Waals surface area contributed by atoms with E-state index < -0.39 is 0 Å². The average molecular weight is 201 g/mol. The molecule has 0 N–H and O–H groups in total. The van der Waals surface area contributed by atoms with Crippen LogP contribution in [0.1, 0.15) is 12.8 Å². The van der Waals surface area contributed by atoms with Crippen LogP contribution in [0.15, 0.2) is 34.9 Å². The van der Waals surface area contributed by atoms with Crippen molar-refractivity contribution in [2.75, 3.05) is 0 Å². The number of allylic oxidation sites excluding steroid dienone is 6. The molecular weight excluding hydrogens is 191 g/mol. The van der Waals surface area contributed by atoms with E-state index in [2.05, 4.69) is 6.08 Å². The van der Waals surface area contributed by atoms with Gasteiger partial charge in [-0.05, 0) is 36.5 Å². The lowest BCUT2D eigenvalue weighted by Crippen LogP contribution is -2.01. The van der Waals surface area contributed by atoms with Gasteiger partial charge in [-0.15, -0.1) is 11.6 Å². The van der Waals surface area contributed by atoms with Gasteiger partial charge in [0.15, 0.2) is 0 Å². The van der Waals surface area contributed by atoms with Gasteiger partial charge in [0.1, 0.15) is 0 Å². The first-order valence-electron chi connectivity index (χ1n) is 4.17. The summed E-state index contributed by atoms with van der Waals surface area (Å²) in [5.74, 6) is 0.774. The molecule has 1 fully saturated rings. The Kier molecular flexibility index (Phi) is 2.29. The van der Waals surface area contributed by atoms with Crippen LogP contribution < -0.4 is 0 Å². The van der Waals surface area contributed by atoms with Crippen molar-refractivity contribution >= 4 is 23.2 Å². The van der Waals surface area contributed by atoms with E-state index >= 15 is 0 Å². The number of halogens is 2. The van der Waals surface area contributed by atoms with Gasteiger partial charge in [0.2, 0.25) is 0 Å². The molecule has 2 aliphatic carbocycles. The zero-order valence-corrected chi connectivity index (χ0v) is 8.15. The minimum Gasteiger partial charge on any atom is -0.113 e. The molecule has 1 saturated carbocycles. The van der Waals surface area contributed by atoms with E-state index in [9.17, 15) is 0 Å². The van der Waals surface area contributed by atoms with Crippen molar-refractivity contribution in [3.05, 3.63) is 34.9 Å². The van der Waals surface area contributed by atoms with Gasteiger partial charge >= 0.3 is 0 Å². The normalized spacial score (nSPS) is 32.3. The molecule has 2 rings (SSSR count). The van der Waals surface area contributed by atoms with Gasteiger partial charge < -0.3 is 0 Å². The summed E-state index contributed by atoms with van der Waals surface area (Å²) < 4.78 is 0. The summed E-state index contributed by atoms with van der Waals surface area (Å²) in [6, 6.07) is 0. The molecule has 0 spiro atoms. The Balaban J connectivity index is 2.13. The zero-order valence-electron chi connectivity index (χ0n) is 6.63. The van der Waals surface area contributed by atoms with Crippen LogP contribution in [0, 0.1) is 5.92 Å². The van der Waals surface area contributed by atoms with Crippen LogP contribution >= 0.6 is 23.2 Å². The van der Waals surface area contributed by atoms with Crippen LogP contribution in [0.25, 0.3) is 0 Å². The molecule has 1 unspecified atom stereocenters. The van der Waals surface area contributed by atoms with Crippen LogP contribution in [0.2, 0.25) is 0 Å². The highest BCUT2D eigenvalue weighted by Gasteiger charge is 2.21. The van der Waals surface area contributed by atoms with Crippen molar-refractivity contribution in [3.8, 4) is 0 Å². The molecule has 12 heavy (non-hydrogen) atoms. The maximum absolute atomic E-state index is 6.07. The third-order valence-corrected chi connectivity index (χ3v) is 2.74. The fourth-order valence-corrected chi connectivity index (χ4v) is 1.78. The van der Waals surface area contributed by atoms with E-state index in [1.165, 1.54) is 18.4 Å². The van der Waals surface area contributed by atoms with Crippen LogP contribution in [0.5, 0.6) is 0 Å². The summed E-state index contributed by atoms with van der Waals surface area (Å²) in [6.07, 6.45) is 10.7. The Morgan fingerprint density at radius 2 is 2.08 bits per heavy atom. The molecule has 0 aromatic rings. The second kappa shape index (κ2) is 3.27. The highest BCUT2D eigenvalue weighted by molar-refractivity contribution is 6.33. The summed E-state index contributed by atoms with van der Waals surface area (Å²) in [5.41, 5.74) is 1.20. The summed E-state index contributed by atoms with van der Waals surface area (Å²) >= 11 is 11.9. The number of rotatable bonds is 1. The quantitative estimate of drug-likeness (QED) is 0.568. The monoisotopic (exact) mass is 200 g/mol. The van der Waals surface area contributed by atoms with Gasteiger partial charge in [0, 0.05) is 5.03 Å². The smallest absolute Gasteiger partial charge is 0.0780 e. The summed E-state index contributed by atoms with van der Waals surface area (Å²) in [7, 11) is 0. The highest BCUT2D eigenvalue weighted by atomic mass is 35.5. The topological polar surface area (TPSA) is 0 Å². The molecular formula is C10H10Cl2. The number of alkyl halides is 1. The lowest BCUT2D eigenvalue weighted by Gasteiger charge is -2.10.